The van der Waals surface area contributed by atoms with Crippen LogP contribution in [0, 0.1) is 5.41 Å². The molecule has 24 heavy (non-hydrogen) atoms. The first-order valence-corrected chi connectivity index (χ1v) is 8.52. The molecule has 3 rings (SSSR count). The Bertz CT molecular complexity index is 713. The quantitative estimate of drug-likeness (QED) is 0.822. The summed E-state index contributed by atoms with van der Waals surface area (Å²) in [6.07, 6.45) is -0.0368. The van der Waals surface area contributed by atoms with E-state index in [9.17, 15) is 14.7 Å². The number of Topliss-reactive ketones (excluding diaryl/α,β-unsaturated/α-hetero) is 1. The molecule has 2 bridgehead atoms. The first kappa shape index (κ1) is 17.1. The number of hydrogen-bond acceptors (Lipinski definition) is 3. The number of carbonyl (C=O) groups is 2. The molecule has 0 radical (unpaired) electrons. The van der Waals surface area contributed by atoms with E-state index in [-0.39, 0.29) is 22.8 Å². The predicted molar refractivity (Wildman–Crippen MR) is 94.1 cm³/mol. The minimum Gasteiger partial charge on any atom is -0.465 e. The molecule has 1 aromatic rings. The number of carbonyl (C=O) groups excluding carboxylic acids is 1. The van der Waals surface area contributed by atoms with Crippen molar-refractivity contribution in [3.8, 4) is 0 Å². The van der Waals surface area contributed by atoms with Gasteiger partial charge in [-0.1, -0.05) is 32.4 Å². The zero-order valence-corrected chi connectivity index (χ0v) is 15.2. The van der Waals surface area contributed by atoms with Crippen LogP contribution in [0.15, 0.2) is 18.2 Å². The largest absolute Gasteiger partial charge is 0.465 e. The Morgan fingerprint density at radius 2 is 2.00 bits per heavy atom. The number of ketones is 1. The minimum absolute atomic E-state index is 0.00650. The molecule has 2 aliphatic rings. The first-order valence-electron chi connectivity index (χ1n) is 8.14. The molecule has 0 aliphatic carbocycles. The van der Waals surface area contributed by atoms with Crippen LogP contribution in [0.25, 0.3) is 0 Å². The number of piperazine rings is 1. The van der Waals surface area contributed by atoms with Crippen LogP contribution in [0.2, 0.25) is 5.02 Å². The van der Waals surface area contributed by atoms with E-state index >= 15 is 0 Å². The van der Waals surface area contributed by atoms with E-state index in [0.717, 1.165) is 12.1 Å². The van der Waals surface area contributed by atoms with E-state index in [1.165, 1.54) is 6.92 Å². The van der Waals surface area contributed by atoms with Crippen LogP contribution in [0.1, 0.15) is 44.5 Å². The smallest absolute Gasteiger partial charge is 0.407 e. The van der Waals surface area contributed by atoms with Crippen LogP contribution in [0.4, 0.5) is 10.5 Å². The van der Waals surface area contributed by atoms with Crippen LogP contribution >= 0.6 is 11.6 Å². The summed E-state index contributed by atoms with van der Waals surface area (Å²) in [5.74, 6) is -0.0583. The number of fused-ring (bicyclic) bond motifs is 2. The van der Waals surface area contributed by atoms with Gasteiger partial charge in [-0.25, -0.2) is 4.79 Å². The van der Waals surface area contributed by atoms with E-state index in [0.29, 0.717) is 23.7 Å². The highest BCUT2D eigenvalue weighted by Crippen LogP contribution is 2.52. The first-order chi connectivity index (χ1) is 11.1. The van der Waals surface area contributed by atoms with Crippen LogP contribution in [0.5, 0.6) is 0 Å². The second-order valence-electron chi connectivity index (χ2n) is 7.88. The van der Waals surface area contributed by atoms with Crippen molar-refractivity contribution in [1.29, 1.82) is 0 Å². The number of amides is 1. The Balaban J connectivity index is 2.02. The van der Waals surface area contributed by atoms with Gasteiger partial charge in [-0.05, 0) is 37.0 Å². The third kappa shape index (κ3) is 2.37. The van der Waals surface area contributed by atoms with Crippen LogP contribution in [-0.4, -0.2) is 46.6 Å². The maximum atomic E-state index is 11.6. The number of benzene rings is 1. The molecule has 1 amide bonds. The van der Waals surface area contributed by atoms with Crippen molar-refractivity contribution in [2.24, 2.45) is 5.41 Å². The fourth-order valence-corrected chi connectivity index (χ4v) is 4.51. The molecule has 5 nitrogen and oxygen atoms in total. The molecule has 1 unspecified atom stereocenters. The molecule has 0 aromatic heterocycles. The average molecular weight is 351 g/mol. The molecule has 6 heteroatoms. The van der Waals surface area contributed by atoms with Gasteiger partial charge in [0.05, 0.1) is 16.6 Å². The Hall–Kier alpha value is -1.75. The van der Waals surface area contributed by atoms with Crippen molar-refractivity contribution in [3.63, 3.8) is 0 Å². The lowest BCUT2D eigenvalue weighted by Gasteiger charge is -2.50. The second-order valence-corrected chi connectivity index (χ2v) is 8.29. The number of nitrogens with zero attached hydrogens (tertiary/aromatic N) is 2. The summed E-state index contributed by atoms with van der Waals surface area (Å²) in [5, 5.41) is 9.91. The lowest BCUT2D eigenvalue weighted by molar-refractivity contribution is 0.101. The molecule has 0 saturated carbocycles. The predicted octanol–water partition coefficient (Wildman–Crippen LogP) is 3.90. The van der Waals surface area contributed by atoms with Gasteiger partial charge in [-0.2, -0.15) is 0 Å². The fraction of sp³-hybridized carbons (Fsp3) is 0.556. The molecule has 2 fully saturated rings. The summed E-state index contributed by atoms with van der Waals surface area (Å²) in [6.45, 7) is 9.10. The standard InChI is InChI=1S/C18H23ClN2O3/c1-11(22)14-6-5-12(7-15(14)19)21-9-13-8-18(21,17(2,3)4)10-20(13)16(23)24/h5-7,13H,8-10H2,1-4H3,(H,23,24)/t13-,18?/m0/s1. The van der Waals surface area contributed by atoms with Crippen LogP contribution in [-0.2, 0) is 0 Å². The highest BCUT2D eigenvalue weighted by Gasteiger charge is 2.61. The number of likely N-dealkylation sites (tertiary alicyclic amines) is 1. The normalized spacial score (nSPS) is 26.1. The van der Waals surface area contributed by atoms with Crippen molar-refractivity contribution in [1.82, 2.24) is 4.90 Å². The van der Waals surface area contributed by atoms with E-state index in [2.05, 4.69) is 25.7 Å². The number of rotatable bonds is 2. The maximum absolute atomic E-state index is 11.6. The molecule has 2 atom stereocenters. The van der Waals surface area contributed by atoms with E-state index in [4.69, 9.17) is 11.6 Å². The number of hydrogen-bond donors (Lipinski definition) is 1. The van der Waals surface area contributed by atoms with Crippen molar-refractivity contribution >= 4 is 29.2 Å². The van der Waals surface area contributed by atoms with Gasteiger partial charge in [-0.3, -0.25) is 4.79 Å². The van der Waals surface area contributed by atoms with Crippen LogP contribution in [0.3, 0.4) is 0 Å². The van der Waals surface area contributed by atoms with Gasteiger partial charge in [0.2, 0.25) is 0 Å². The molecule has 130 valence electrons. The summed E-state index contributed by atoms with van der Waals surface area (Å²) in [6, 6.07) is 5.50. The number of halogens is 1. The van der Waals surface area contributed by atoms with Crippen LogP contribution < -0.4 is 4.90 Å². The van der Waals surface area contributed by atoms with Gasteiger partial charge in [0.25, 0.3) is 0 Å². The topological polar surface area (TPSA) is 60.9 Å². The molecule has 1 N–H and O–H groups in total. The number of carboxylic acid groups (broad SMARTS) is 1. The Labute approximate surface area is 147 Å². The fourth-order valence-electron chi connectivity index (χ4n) is 4.20. The summed E-state index contributed by atoms with van der Waals surface area (Å²) < 4.78 is 0. The van der Waals surface area contributed by atoms with E-state index in [1.54, 1.807) is 11.0 Å². The minimum atomic E-state index is -0.851. The molecule has 1 aromatic carbocycles. The highest BCUT2D eigenvalue weighted by molar-refractivity contribution is 6.34. The summed E-state index contributed by atoms with van der Waals surface area (Å²) in [4.78, 5) is 27.0. The third-order valence-corrected chi connectivity index (χ3v) is 5.95. The number of anilines is 1. The molecule has 2 heterocycles. The molecule has 0 spiro atoms. The zero-order chi connectivity index (χ0) is 17.9. The molecular formula is C18H23ClN2O3. The van der Waals surface area contributed by atoms with Gasteiger partial charge in [0.15, 0.2) is 5.78 Å². The Morgan fingerprint density at radius 1 is 1.33 bits per heavy atom. The van der Waals surface area contributed by atoms with Gasteiger partial charge in [0, 0.05) is 24.3 Å². The monoisotopic (exact) mass is 350 g/mol. The highest BCUT2D eigenvalue weighted by atomic mass is 35.5. The zero-order valence-electron chi connectivity index (χ0n) is 14.5. The third-order valence-electron chi connectivity index (χ3n) is 5.64. The van der Waals surface area contributed by atoms with Crippen molar-refractivity contribution in [3.05, 3.63) is 28.8 Å². The Morgan fingerprint density at radius 3 is 2.50 bits per heavy atom. The SMILES string of the molecule is CC(=O)c1ccc(N2C[C@@H]3CC2(C(C)(C)C)CN3C(=O)O)cc1Cl. The molecular weight excluding hydrogens is 328 g/mol. The maximum Gasteiger partial charge on any atom is 0.407 e. The van der Waals surface area contributed by atoms with E-state index < -0.39 is 6.09 Å². The van der Waals surface area contributed by atoms with Crippen molar-refractivity contribution in [2.75, 3.05) is 18.0 Å². The average Bonchev–Trinajstić information content (AvgIpc) is 3.03. The van der Waals surface area contributed by atoms with Crippen molar-refractivity contribution in [2.45, 2.75) is 45.7 Å². The lowest BCUT2D eigenvalue weighted by atomic mass is 9.72. The van der Waals surface area contributed by atoms with Crippen molar-refractivity contribution < 1.29 is 14.7 Å². The molecule has 2 saturated heterocycles. The van der Waals surface area contributed by atoms with Gasteiger partial charge >= 0.3 is 6.09 Å². The Kier molecular flexibility index (Phi) is 3.83. The van der Waals surface area contributed by atoms with Gasteiger partial charge < -0.3 is 14.9 Å². The lowest BCUT2D eigenvalue weighted by Crippen LogP contribution is -2.61. The summed E-state index contributed by atoms with van der Waals surface area (Å²) in [5.41, 5.74) is 1.10. The molecule has 2 aliphatic heterocycles. The van der Waals surface area contributed by atoms with E-state index in [1.807, 2.05) is 12.1 Å². The van der Waals surface area contributed by atoms with Gasteiger partial charge in [0.1, 0.15) is 0 Å². The summed E-state index contributed by atoms with van der Waals surface area (Å²) >= 11 is 6.29. The second kappa shape index (κ2) is 5.38. The summed E-state index contributed by atoms with van der Waals surface area (Å²) in [7, 11) is 0. The van der Waals surface area contributed by atoms with Gasteiger partial charge in [-0.15, -0.1) is 0 Å².